The average Bonchev–Trinajstić information content (AvgIpc) is 3.03. The fourth-order valence-corrected chi connectivity index (χ4v) is 5.48. The third-order valence-corrected chi connectivity index (χ3v) is 8.41. The van der Waals surface area contributed by atoms with Crippen LogP contribution in [0, 0.1) is 0 Å². The summed E-state index contributed by atoms with van der Waals surface area (Å²) < 4.78 is 10.3. The van der Waals surface area contributed by atoms with Crippen molar-refractivity contribution in [1.82, 2.24) is 0 Å². The maximum absolute atomic E-state index is 11.9. The molecule has 0 amide bonds. The van der Waals surface area contributed by atoms with Gasteiger partial charge in [-0.25, -0.2) is 4.79 Å². The molecule has 0 heterocycles. The highest BCUT2D eigenvalue weighted by Gasteiger charge is 2.08. The molecular formula is C40H74O4. The zero-order valence-electron chi connectivity index (χ0n) is 29.6. The summed E-state index contributed by atoms with van der Waals surface area (Å²) in [5.41, 5.74) is 0. The van der Waals surface area contributed by atoms with Crippen molar-refractivity contribution in [2.45, 2.75) is 206 Å². The highest BCUT2D eigenvalue weighted by atomic mass is 16.6. The molecule has 0 aliphatic heterocycles. The fraction of sp³-hybridized carbons (Fsp3) is 0.850. The minimum Gasteiger partial charge on any atom is -0.463 e. The van der Waals surface area contributed by atoms with Crippen LogP contribution in [0.4, 0.5) is 0 Å². The SMILES string of the molecule is CCCCCCC=CCCCCCCCC(=O)OCC(=O)OCCCCCCCCCCCCC=CCCCCCCCC. The molecule has 258 valence electrons. The third kappa shape index (κ3) is 36.6. The molecule has 0 bridgehead atoms. The van der Waals surface area contributed by atoms with E-state index in [2.05, 4.69) is 38.2 Å². The van der Waals surface area contributed by atoms with Crippen molar-refractivity contribution < 1.29 is 19.1 Å². The lowest BCUT2D eigenvalue weighted by atomic mass is 10.1. The van der Waals surface area contributed by atoms with E-state index in [4.69, 9.17) is 9.47 Å². The topological polar surface area (TPSA) is 52.6 Å². The molecule has 4 heteroatoms. The van der Waals surface area contributed by atoms with Crippen LogP contribution in [0.3, 0.4) is 0 Å². The Kier molecular flexibility index (Phi) is 36.3. The van der Waals surface area contributed by atoms with Crippen molar-refractivity contribution in [1.29, 1.82) is 0 Å². The van der Waals surface area contributed by atoms with Crippen LogP contribution in [-0.2, 0) is 19.1 Å². The number of unbranched alkanes of at least 4 members (excludes halogenated alkanes) is 25. The first-order chi connectivity index (χ1) is 21.7. The van der Waals surface area contributed by atoms with E-state index < -0.39 is 5.97 Å². The molecule has 0 atom stereocenters. The first-order valence-corrected chi connectivity index (χ1v) is 19.3. The van der Waals surface area contributed by atoms with Crippen molar-refractivity contribution in [2.24, 2.45) is 0 Å². The summed E-state index contributed by atoms with van der Waals surface area (Å²) in [6, 6.07) is 0. The van der Waals surface area contributed by atoms with Crippen LogP contribution < -0.4 is 0 Å². The van der Waals surface area contributed by atoms with Crippen molar-refractivity contribution in [3.63, 3.8) is 0 Å². The number of hydrogen-bond donors (Lipinski definition) is 0. The minimum absolute atomic E-state index is 0.251. The summed E-state index contributed by atoms with van der Waals surface area (Å²) in [5.74, 6) is -0.714. The highest BCUT2D eigenvalue weighted by Crippen LogP contribution is 2.13. The number of esters is 2. The molecule has 4 nitrogen and oxygen atoms in total. The van der Waals surface area contributed by atoms with Gasteiger partial charge in [-0.3, -0.25) is 4.79 Å². The van der Waals surface area contributed by atoms with Crippen molar-refractivity contribution >= 4 is 11.9 Å². The molecule has 0 fully saturated rings. The van der Waals surface area contributed by atoms with Gasteiger partial charge in [-0.05, 0) is 64.2 Å². The predicted molar refractivity (Wildman–Crippen MR) is 190 cm³/mol. The molecule has 0 saturated carbocycles. The van der Waals surface area contributed by atoms with Gasteiger partial charge in [0.05, 0.1) is 6.61 Å². The first kappa shape index (κ1) is 42.4. The summed E-state index contributed by atoms with van der Waals surface area (Å²) >= 11 is 0. The highest BCUT2D eigenvalue weighted by molar-refractivity contribution is 5.76. The lowest BCUT2D eigenvalue weighted by Crippen LogP contribution is -2.16. The summed E-state index contributed by atoms with van der Waals surface area (Å²) in [4.78, 5) is 23.7. The van der Waals surface area contributed by atoms with Gasteiger partial charge in [0.2, 0.25) is 0 Å². The molecule has 0 spiro atoms. The molecule has 0 aliphatic rings. The molecule has 0 N–H and O–H groups in total. The Bertz CT molecular complexity index is 654. The zero-order chi connectivity index (χ0) is 32.0. The van der Waals surface area contributed by atoms with Crippen molar-refractivity contribution in [3.05, 3.63) is 24.3 Å². The molecule has 0 rings (SSSR count). The van der Waals surface area contributed by atoms with Gasteiger partial charge >= 0.3 is 11.9 Å². The molecule has 0 radical (unpaired) electrons. The Morgan fingerprint density at radius 2 is 0.727 bits per heavy atom. The maximum Gasteiger partial charge on any atom is 0.344 e. The molecule has 0 saturated heterocycles. The smallest absolute Gasteiger partial charge is 0.344 e. The van der Waals surface area contributed by atoms with Gasteiger partial charge in [0.25, 0.3) is 0 Å². The van der Waals surface area contributed by atoms with Gasteiger partial charge < -0.3 is 9.47 Å². The molecule has 0 aromatic heterocycles. The quantitative estimate of drug-likeness (QED) is 0.0403. The van der Waals surface area contributed by atoms with E-state index in [1.165, 1.54) is 148 Å². The lowest BCUT2D eigenvalue weighted by molar-refractivity contribution is -0.158. The van der Waals surface area contributed by atoms with E-state index >= 15 is 0 Å². The predicted octanol–water partition coefficient (Wildman–Crippen LogP) is 12.9. The van der Waals surface area contributed by atoms with Gasteiger partial charge in [0.1, 0.15) is 0 Å². The summed E-state index contributed by atoms with van der Waals surface area (Å²) in [5, 5.41) is 0. The van der Waals surface area contributed by atoms with Crippen LogP contribution in [0.2, 0.25) is 0 Å². The van der Waals surface area contributed by atoms with E-state index in [-0.39, 0.29) is 12.6 Å². The van der Waals surface area contributed by atoms with E-state index in [0.29, 0.717) is 13.0 Å². The molecule has 0 aromatic rings. The largest absolute Gasteiger partial charge is 0.463 e. The number of allylic oxidation sites excluding steroid dienone is 4. The second kappa shape index (κ2) is 37.6. The van der Waals surface area contributed by atoms with Gasteiger partial charge in [-0.2, -0.15) is 0 Å². The third-order valence-electron chi connectivity index (χ3n) is 8.41. The monoisotopic (exact) mass is 619 g/mol. The molecule has 0 aliphatic carbocycles. The van der Waals surface area contributed by atoms with E-state index in [9.17, 15) is 9.59 Å². The van der Waals surface area contributed by atoms with Crippen LogP contribution in [0.5, 0.6) is 0 Å². The second-order valence-electron chi connectivity index (χ2n) is 12.9. The standard InChI is InChI=1S/C40H74O4/c1-3-5-7-9-11-13-15-17-18-19-20-21-22-23-25-27-29-31-33-35-37-43-40(42)38-44-39(41)36-34-32-30-28-26-24-16-14-12-10-8-6-4-2/h14,16-18H,3-13,15,19-38H2,1-2H3. The fourth-order valence-electron chi connectivity index (χ4n) is 5.48. The van der Waals surface area contributed by atoms with Gasteiger partial charge in [-0.1, -0.05) is 160 Å². The Balaban J connectivity index is 3.31. The van der Waals surface area contributed by atoms with E-state index in [0.717, 1.165) is 38.5 Å². The van der Waals surface area contributed by atoms with E-state index in [1.807, 2.05) is 0 Å². The number of carbonyl (C=O) groups is 2. The molecule has 0 unspecified atom stereocenters. The van der Waals surface area contributed by atoms with E-state index in [1.54, 1.807) is 0 Å². The zero-order valence-corrected chi connectivity index (χ0v) is 29.6. The summed E-state index contributed by atoms with van der Waals surface area (Å²) in [7, 11) is 0. The molecular weight excluding hydrogens is 544 g/mol. The van der Waals surface area contributed by atoms with Crippen molar-refractivity contribution in [3.8, 4) is 0 Å². The van der Waals surface area contributed by atoms with Crippen molar-refractivity contribution in [2.75, 3.05) is 13.2 Å². The Hall–Kier alpha value is -1.58. The van der Waals surface area contributed by atoms with Gasteiger partial charge in [0, 0.05) is 6.42 Å². The summed E-state index contributed by atoms with van der Waals surface area (Å²) in [6.45, 7) is 4.70. The normalized spacial score (nSPS) is 11.6. The number of hydrogen-bond acceptors (Lipinski definition) is 4. The van der Waals surface area contributed by atoms with Crippen LogP contribution in [0.15, 0.2) is 24.3 Å². The number of ether oxygens (including phenoxy) is 2. The average molecular weight is 619 g/mol. The molecule has 44 heavy (non-hydrogen) atoms. The van der Waals surface area contributed by atoms with Crippen LogP contribution >= 0.6 is 0 Å². The van der Waals surface area contributed by atoms with Crippen LogP contribution in [-0.4, -0.2) is 25.2 Å². The van der Waals surface area contributed by atoms with Crippen LogP contribution in [0.25, 0.3) is 0 Å². The maximum atomic E-state index is 11.9. The first-order valence-electron chi connectivity index (χ1n) is 19.3. The Morgan fingerprint density at radius 3 is 1.16 bits per heavy atom. The van der Waals surface area contributed by atoms with Gasteiger partial charge in [0.15, 0.2) is 6.61 Å². The summed E-state index contributed by atoms with van der Waals surface area (Å²) in [6.07, 6.45) is 46.3. The molecule has 0 aromatic carbocycles. The second-order valence-corrected chi connectivity index (χ2v) is 12.9. The van der Waals surface area contributed by atoms with Gasteiger partial charge in [-0.15, -0.1) is 0 Å². The lowest BCUT2D eigenvalue weighted by Gasteiger charge is -2.06. The Labute approximate surface area is 274 Å². The minimum atomic E-state index is -0.426. The number of carbonyl (C=O) groups excluding carboxylic acids is 2. The Morgan fingerprint density at radius 1 is 0.386 bits per heavy atom. The van der Waals surface area contributed by atoms with Crippen LogP contribution in [0.1, 0.15) is 206 Å². The number of rotatable bonds is 35.